The fourth-order valence-electron chi connectivity index (χ4n) is 0.320. The van der Waals surface area contributed by atoms with E-state index < -0.39 is 29.2 Å². The number of rotatable bonds is 7. The lowest BCUT2D eigenvalue weighted by Gasteiger charge is -2.12. The zero-order chi connectivity index (χ0) is 11.2. The van der Waals surface area contributed by atoms with Crippen molar-refractivity contribution in [3.05, 3.63) is 0 Å². The minimum absolute atomic E-state index is 0.906. The Morgan fingerprint density at radius 3 is 2.00 bits per heavy atom. The Labute approximate surface area is 79.4 Å². The summed E-state index contributed by atoms with van der Waals surface area (Å²) in [6.45, 7) is -2.02. The molecule has 0 aliphatic carbocycles. The summed E-state index contributed by atoms with van der Waals surface area (Å²) in [5.74, 6) is 0. The van der Waals surface area contributed by atoms with Crippen LogP contribution < -0.4 is 0 Å². The summed E-state index contributed by atoms with van der Waals surface area (Å²) in [6.07, 6.45) is 0. The van der Waals surface area contributed by atoms with Crippen molar-refractivity contribution in [2.45, 2.75) is 0 Å². The molecule has 0 bridgehead atoms. The Hall–Kier alpha value is 0.180. The first-order valence-electron chi connectivity index (χ1n) is 3.09. The highest BCUT2D eigenvalue weighted by molar-refractivity contribution is 7.48. The number of hydrogen-bond acceptors (Lipinski definition) is 7. The average Bonchev–Trinajstić information content (AvgIpc) is 2.03. The molecule has 0 spiro atoms. The second-order valence-electron chi connectivity index (χ2n) is 1.75. The van der Waals surface area contributed by atoms with Crippen LogP contribution in [-0.2, 0) is 27.2 Å². The predicted molar refractivity (Wildman–Crippen MR) is 41.9 cm³/mol. The van der Waals surface area contributed by atoms with E-state index in [2.05, 4.69) is 18.1 Å². The predicted octanol–water partition coefficient (Wildman–Crippen LogP) is -0.209. The van der Waals surface area contributed by atoms with Crippen LogP contribution >= 0.6 is 15.6 Å². The molecule has 0 amide bonds. The van der Waals surface area contributed by atoms with Gasteiger partial charge in [0.05, 0.1) is 0 Å². The van der Waals surface area contributed by atoms with E-state index in [1.165, 1.54) is 0 Å². The molecule has 11 heteroatoms. The smallest absolute Gasteiger partial charge is 0.370 e. The highest BCUT2D eigenvalue weighted by Gasteiger charge is 2.24. The van der Waals surface area contributed by atoms with Crippen LogP contribution in [0.1, 0.15) is 0 Å². The van der Waals surface area contributed by atoms with Crippen LogP contribution in [0.4, 0.5) is 0 Å². The van der Waals surface area contributed by atoms with Gasteiger partial charge in [-0.05, 0) is 0 Å². The van der Waals surface area contributed by atoms with Gasteiger partial charge in [0.2, 0.25) is 0 Å². The molecule has 0 saturated heterocycles. The second-order valence-corrected chi connectivity index (χ2v) is 4.77. The molecule has 0 rings (SSSR count). The molecule has 0 aromatic carbocycles. The van der Waals surface area contributed by atoms with Crippen molar-refractivity contribution in [1.82, 2.24) is 0 Å². The maximum atomic E-state index is 10.6. The SMILES string of the molecule is COP(=O)(O)OCOP(=O)(O)OCO. The largest absolute Gasteiger partial charge is 0.476 e. The lowest BCUT2D eigenvalue weighted by atomic mass is 11.6. The molecule has 2 atom stereocenters. The van der Waals surface area contributed by atoms with Gasteiger partial charge in [-0.3, -0.25) is 18.1 Å². The summed E-state index contributed by atoms with van der Waals surface area (Å²) in [5, 5.41) is 8.10. The Morgan fingerprint density at radius 2 is 1.57 bits per heavy atom. The molecule has 0 heterocycles. The molecule has 0 fully saturated rings. The standard InChI is InChI=1S/C3H10O9P2/c1-9-13(5,6)11-3-12-14(7,8)10-2-4/h4H,2-3H2,1H3,(H,5,6)(H,7,8). The van der Waals surface area contributed by atoms with Gasteiger partial charge in [0.25, 0.3) is 0 Å². The Kier molecular flexibility index (Phi) is 5.99. The fraction of sp³-hybridized carbons (Fsp3) is 1.00. The van der Waals surface area contributed by atoms with Gasteiger partial charge in [0.15, 0.2) is 13.6 Å². The van der Waals surface area contributed by atoms with Gasteiger partial charge in [-0.25, -0.2) is 9.13 Å². The van der Waals surface area contributed by atoms with E-state index in [-0.39, 0.29) is 0 Å². The van der Waals surface area contributed by atoms with E-state index in [0.717, 1.165) is 7.11 Å². The van der Waals surface area contributed by atoms with E-state index in [1.54, 1.807) is 0 Å². The average molecular weight is 252 g/mol. The van der Waals surface area contributed by atoms with Gasteiger partial charge in [0.1, 0.15) is 0 Å². The monoisotopic (exact) mass is 252 g/mol. The van der Waals surface area contributed by atoms with Crippen molar-refractivity contribution in [1.29, 1.82) is 0 Å². The molecule has 9 nitrogen and oxygen atoms in total. The summed E-state index contributed by atoms with van der Waals surface area (Å²) < 4.78 is 37.1. The van der Waals surface area contributed by atoms with E-state index in [4.69, 9.17) is 14.9 Å². The van der Waals surface area contributed by atoms with Gasteiger partial charge in [0, 0.05) is 7.11 Å². The summed E-state index contributed by atoms with van der Waals surface area (Å²) in [7, 11) is -7.80. The molecule has 2 unspecified atom stereocenters. The lowest BCUT2D eigenvalue weighted by molar-refractivity contribution is 0.0136. The zero-order valence-electron chi connectivity index (χ0n) is 7.10. The lowest BCUT2D eigenvalue weighted by Crippen LogP contribution is -2.01. The van der Waals surface area contributed by atoms with E-state index in [1.807, 2.05) is 0 Å². The van der Waals surface area contributed by atoms with Crippen LogP contribution in [0.2, 0.25) is 0 Å². The number of hydrogen-bond donors (Lipinski definition) is 3. The molecule has 86 valence electrons. The third kappa shape index (κ3) is 6.61. The van der Waals surface area contributed by atoms with Crippen molar-refractivity contribution in [3.63, 3.8) is 0 Å². The number of aliphatic hydroxyl groups excluding tert-OH is 1. The summed E-state index contributed by atoms with van der Waals surface area (Å²) in [6, 6.07) is 0. The molecule has 0 aliphatic rings. The third-order valence-electron chi connectivity index (χ3n) is 0.883. The highest BCUT2D eigenvalue weighted by atomic mass is 31.2. The summed E-state index contributed by atoms with van der Waals surface area (Å²) >= 11 is 0. The van der Waals surface area contributed by atoms with Crippen molar-refractivity contribution in [2.24, 2.45) is 0 Å². The molecule has 0 saturated carbocycles. The van der Waals surface area contributed by atoms with Gasteiger partial charge >= 0.3 is 15.6 Å². The Balaban J connectivity index is 3.85. The highest BCUT2D eigenvalue weighted by Crippen LogP contribution is 2.46. The second kappa shape index (κ2) is 5.92. The first-order valence-corrected chi connectivity index (χ1v) is 6.08. The van der Waals surface area contributed by atoms with E-state index in [9.17, 15) is 9.13 Å². The summed E-state index contributed by atoms with van der Waals surface area (Å²) in [5.41, 5.74) is 0. The summed E-state index contributed by atoms with van der Waals surface area (Å²) in [4.78, 5) is 17.3. The van der Waals surface area contributed by atoms with Crippen LogP contribution in [0.5, 0.6) is 0 Å². The topological polar surface area (TPSA) is 132 Å². The quantitative estimate of drug-likeness (QED) is 0.415. The van der Waals surface area contributed by atoms with Gasteiger partial charge < -0.3 is 14.9 Å². The molecule has 0 radical (unpaired) electrons. The molecule has 14 heavy (non-hydrogen) atoms. The van der Waals surface area contributed by atoms with Gasteiger partial charge in [-0.15, -0.1) is 0 Å². The van der Waals surface area contributed by atoms with Crippen molar-refractivity contribution >= 4 is 15.6 Å². The minimum atomic E-state index is -4.45. The van der Waals surface area contributed by atoms with Gasteiger partial charge in [-0.1, -0.05) is 0 Å². The maximum absolute atomic E-state index is 10.6. The first kappa shape index (κ1) is 14.2. The Bertz CT molecular complexity index is 250. The van der Waals surface area contributed by atoms with E-state index in [0.29, 0.717) is 0 Å². The van der Waals surface area contributed by atoms with Crippen LogP contribution in [0.25, 0.3) is 0 Å². The molecule has 0 aliphatic heterocycles. The van der Waals surface area contributed by atoms with Crippen molar-refractivity contribution < 1.29 is 42.1 Å². The van der Waals surface area contributed by atoms with Crippen molar-refractivity contribution in [3.8, 4) is 0 Å². The number of phosphoric acid groups is 2. The fourth-order valence-corrected chi connectivity index (χ4v) is 1.10. The third-order valence-corrected chi connectivity index (χ3v) is 2.65. The number of phosphoric ester groups is 2. The van der Waals surface area contributed by atoms with Gasteiger partial charge in [-0.2, -0.15) is 0 Å². The van der Waals surface area contributed by atoms with Crippen LogP contribution in [0.15, 0.2) is 0 Å². The molecular formula is C3H10O9P2. The Morgan fingerprint density at radius 1 is 1.07 bits per heavy atom. The molecule has 0 aromatic heterocycles. The van der Waals surface area contributed by atoms with E-state index >= 15 is 0 Å². The molecular weight excluding hydrogens is 242 g/mol. The normalized spacial score (nSPS) is 20.0. The number of aliphatic hydroxyl groups is 1. The van der Waals surface area contributed by atoms with Crippen LogP contribution in [0.3, 0.4) is 0 Å². The first-order chi connectivity index (χ1) is 6.33. The minimum Gasteiger partial charge on any atom is -0.370 e. The molecule has 3 N–H and O–H groups in total. The van der Waals surface area contributed by atoms with Crippen molar-refractivity contribution in [2.75, 3.05) is 20.7 Å². The maximum Gasteiger partial charge on any atom is 0.476 e. The zero-order valence-corrected chi connectivity index (χ0v) is 8.89. The van der Waals surface area contributed by atoms with Crippen LogP contribution in [-0.4, -0.2) is 35.6 Å². The van der Waals surface area contributed by atoms with Crippen LogP contribution in [0, 0.1) is 0 Å². The molecule has 0 aromatic rings.